The summed E-state index contributed by atoms with van der Waals surface area (Å²) in [6, 6.07) is 12.6. The molecule has 0 radical (unpaired) electrons. The number of benzene rings is 2. The number of amides is 2. The van der Waals surface area contributed by atoms with Gasteiger partial charge in [-0.25, -0.2) is 4.39 Å². The Kier molecular flexibility index (Phi) is 5.30. The minimum atomic E-state index is -0.400. The Morgan fingerprint density at radius 2 is 1.57 bits per heavy atom. The van der Waals surface area contributed by atoms with Crippen molar-refractivity contribution in [2.24, 2.45) is 0 Å². The summed E-state index contributed by atoms with van der Waals surface area (Å²) in [5.74, 6) is -1.14. The van der Waals surface area contributed by atoms with Crippen molar-refractivity contribution in [2.45, 2.75) is 6.42 Å². The van der Waals surface area contributed by atoms with Crippen molar-refractivity contribution >= 4 is 17.5 Å². The van der Waals surface area contributed by atoms with Gasteiger partial charge in [0.15, 0.2) is 0 Å². The highest BCUT2D eigenvalue weighted by atomic mass is 19.1. The number of anilines is 1. The average Bonchev–Trinajstić information content (AvgIpc) is 2.55. The fraction of sp³-hybridized carbons (Fsp3) is 0.176. The number of hydrazine groups is 1. The Labute approximate surface area is 134 Å². The van der Waals surface area contributed by atoms with Crippen LogP contribution in [0.25, 0.3) is 0 Å². The maximum Gasteiger partial charge on any atom is 0.269 e. The maximum atomic E-state index is 12.8. The standard InChI is InChI=1S/C17H18FN3O2/c1-21(2)15-9-5-13(6-10-15)17(23)20-19-16(22)11-12-3-7-14(18)8-4-12/h3-10H,11H2,1-2H3,(H,19,22)(H,20,23). The van der Waals surface area contributed by atoms with E-state index in [0.29, 0.717) is 11.1 Å². The van der Waals surface area contributed by atoms with E-state index in [1.807, 2.05) is 31.1 Å². The molecule has 0 spiro atoms. The molecule has 120 valence electrons. The van der Waals surface area contributed by atoms with E-state index in [1.54, 1.807) is 12.1 Å². The third-order valence-electron chi connectivity index (χ3n) is 3.24. The predicted molar refractivity (Wildman–Crippen MR) is 86.5 cm³/mol. The molecular formula is C17H18FN3O2. The summed E-state index contributed by atoms with van der Waals surface area (Å²) < 4.78 is 12.8. The minimum absolute atomic E-state index is 0.0557. The Bertz CT molecular complexity index is 682. The zero-order chi connectivity index (χ0) is 16.8. The van der Waals surface area contributed by atoms with Gasteiger partial charge in [0.25, 0.3) is 5.91 Å². The highest BCUT2D eigenvalue weighted by Gasteiger charge is 2.08. The van der Waals surface area contributed by atoms with Gasteiger partial charge < -0.3 is 4.90 Å². The number of hydrogen-bond donors (Lipinski definition) is 2. The fourth-order valence-electron chi connectivity index (χ4n) is 1.94. The number of hydrogen-bond acceptors (Lipinski definition) is 3. The van der Waals surface area contributed by atoms with Crippen molar-refractivity contribution < 1.29 is 14.0 Å². The topological polar surface area (TPSA) is 61.4 Å². The molecule has 0 fully saturated rings. The van der Waals surface area contributed by atoms with Gasteiger partial charge in [-0.2, -0.15) is 0 Å². The van der Waals surface area contributed by atoms with Crippen LogP contribution in [-0.4, -0.2) is 25.9 Å². The molecule has 0 atom stereocenters. The van der Waals surface area contributed by atoms with Crippen LogP contribution >= 0.6 is 0 Å². The van der Waals surface area contributed by atoms with Crippen molar-refractivity contribution in [1.82, 2.24) is 10.9 Å². The van der Waals surface area contributed by atoms with Crippen LogP contribution < -0.4 is 15.8 Å². The number of rotatable bonds is 4. The molecule has 6 heteroatoms. The SMILES string of the molecule is CN(C)c1ccc(C(=O)NNC(=O)Cc2ccc(F)cc2)cc1. The molecule has 0 bridgehead atoms. The molecule has 5 nitrogen and oxygen atoms in total. The van der Waals surface area contributed by atoms with Crippen LogP contribution in [0.3, 0.4) is 0 Å². The van der Waals surface area contributed by atoms with Gasteiger partial charge in [-0.05, 0) is 42.0 Å². The highest BCUT2D eigenvalue weighted by Crippen LogP contribution is 2.11. The average molecular weight is 315 g/mol. The molecule has 0 unspecified atom stereocenters. The Morgan fingerprint density at radius 3 is 2.13 bits per heavy atom. The lowest BCUT2D eigenvalue weighted by Gasteiger charge is -2.13. The number of halogens is 1. The lowest BCUT2D eigenvalue weighted by atomic mass is 10.1. The van der Waals surface area contributed by atoms with Gasteiger partial charge in [0.1, 0.15) is 5.82 Å². The number of carbonyl (C=O) groups is 2. The molecule has 0 aliphatic rings. The number of carbonyl (C=O) groups excluding carboxylic acids is 2. The summed E-state index contributed by atoms with van der Waals surface area (Å²) in [4.78, 5) is 25.6. The molecule has 0 saturated carbocycles. The summed E-state index contributed by atoms with van der Waals surface area (Å²) in [6.45, 7) is 0. The molecule has 23 heavy (non-hydrogen) atoms. The monoisotopic (exact) mass is 315 g/mol. The van der Waals surface area contributed by atoms with E-state index in [4.69, 9.17) is 0 Å². The molecular weight excluding hydrogens is 297 g/mol. The molecule has 2 amide bonds. The number of nitrogens with one attached hydrogen (secondary N) is 2. The predicted octanol–water partition coefficient (Wildman–Crippen LogP) is 1.90. The first kappa shape index (κ1) is 16.5. The molecule has 0 saturated heterocycles. The second kappa shape index (κ2) is 7.40. The van der Waals surface area contributed by atoms with Gasteiger partial charge in [0.05, 0.1) is 6.42 Å². The van der Waals surface area contributed by atoms with Crippen molar-refractivity contribution in [3.05, 3.63) is 65.5 Å². The lowest BCUT2D eigenvalue weighted by Crippen LogP contribution is -2.42. The minimum Gasteiger partial charge on any atom is -0.378 e. The third-order valence-corrected chi connectivity index (χ3v) is 3.24. The quantitative estimate of drug-likeness (QED) is 0.847. The first-order chi connectivity index (χ1) is 11.0. The van der Waals surface area contributed by atoms with Crippen molar-refractivity contribution in [3.8, 4) is 0 Å². The molecule has 0 heterocycles. The number of nitrogens with zero attached hydrogens (tertiary/aromatic N) is 1. The Balaban J connectivity index is 1.85. The smallest absolute Gasteiger partial charge is 0.269 e. The van der Waals surface area contributed by atoms with E-state index >= 15 is 0 Å². The van der Waals surface area contributed by atoms with Gasteiger partial charge in [0, 0.05) is 25.3 Å². The largest absolute Gasteiger partial charge is 0.378 e. The van der Waals surface area contributed by atoms with Crippen LogP contribution in [0, 0.1) is 5.82 Å². The summed E-state index contributed by atoms with van der Waals surface area (Å²) in [6.07, 6.45) is 0.0557. The summed E-state index contributed by atoms with van der Waals surface area (Å²) in [7, 11) is 3.81. The molecule has 2 N–H and O–H groups in total. The molecule has 0 aromatic heterocycles. The second-order valence-corrected chi connectivity index (χ2v) is 5.25. The van der Waals surface area contributed by atoms with E-state index in [0.717, 1.165) is 5.69 Å². The molecule has 0 aliphatic carbocycles. The molecule has 0 aliphatic heterocycles. The van der Waals surface area contributed by atoms with E-state index in [-0.39, 0.29) is 18.1 Å². The fourth-order valence-corrected chi connectivity index (χ4v) is 1.94. The van der Waals surface area contributed by atoms with E-state index in [1.165, 1.54) is 24.3 Å². The van der Waals surface area contributed by atoms with Crippen molar-refractivity contribution in [1.29, 1.82) is 0 Å². The normalized spacial score (nSPS) is 10.0. The first-order valence-electron chi connectivity index (χ1n) is 7.07. The lowest BCUT2D eigenvalue weighted by molar-refractivity contribution is -0.121. The van der Waals surface area contributed by atoms with Crippen LogP contribution in [0.5, 0.6) is 0 Å². The van der Waals surface area contributed by atoms with E-state index in [9.17, 15) is 14.0 Å². The summed E-state index contributed by atoms with van der Waals surface area (Å²) in [5.41, 5.74) is 6.77. The van der Waals surface area contributed by atoms with Crippen LogP contribution in [0.2, 0.25) is 0 Å². The molecule has 2 aromatic carbocycles. The van der Waals surface area contributed by atoms with Gasteiger partial charge in [-0.3, -0.25) is 20.4 Å². The van der Waals surface area contributed by atoms with E-state index in [2.05, 4.69) is 10.9 Å². The van der Waals surface area contributed by atoms with Crippen LogP contribution in [0.1, 0.15) is 15.9 Å². The zero-order valence-corrected chi connectivity index (χ0v) is 13.0. The molecule has 2 aromatic rings. The summed E-state index contributed by atoms with van der Waals surface area (Å²) >= 11 is 0. The van der Waals surface area contributed by atoms with Gasteiger partial charge >= 0.3 is 0 Å². The van der Waals surface area contributed by atoms with Crippen LogP contribution in [0.15, 0.2) is 48.5 Å². The third kappa shape index (κ3) is 4.81. The van der Waals surface area contributed by atoms with Crippen molar-refractivity contribution in [3.63, 3.8) is 0 Å². The van der Waals surface area contributed by atoms with Crippen LogP contribution in [0.4, 0.5) is 10.1 Å². The second-order valence-electron chi connectivity index (χ2n) is 5.25. The van der Waals surface area contributed by atoms with Crippen molar-refractivity contribution in [2.75, 3.05) is 19.0 Å². The summed E-state index contributed by atoms with van der Waals surface area (Å²) in [5, 5.41) is 0. The zero-order valence-electron chi connectivity index (χ0n) is 13.0. The molecule has 2 rings (SSSR count). The maximum absolute atomic E-state index is 12.8. The van der Waals surface area contributed by atoms with Gasteiger partial charge in [-0.15, -0.1) is 0 Å². The van der Waals surface area contributed by atoms with Gasteiger partial charge in [-0.1, -0.05) is 12.1 Å². The highest BCUT2D eigenvalue weighted by molar-refractivity contribution is 5.95. The Hall–Kier alpha value is -2.89. The first-order valence-corrected chi connectivity index (χ1v) is 7.07. The van der Waals surface area contributed by atoms with E-state index < -0.39 is 5.91 Å². The van der Waals surface area contributed by atoms with Gasteiger partial charge in [0.2, 0.25) is 5.91 Å². The Morgan fingerprint density at radius 1 is 0.957 bits per heavy atom. The van der Waals surface area contributed by atoms with Crippen LogP contribution in [-0.2, 0) is 11.2 Å².